The van der Waals surface area contributed by atoms with E-state index in [2.05, 4.69) is 10.3 Å². The number of carboxylic acid groups (broad SMARTS) is 1. The molecule has 7 nitrogen and oxygen atoms in total. The van der Waals surface area contributed by atoms with E-state index >= 15 is 0 Å². The number of carbonyl (C=O) groups is 1. The van der Waals surface area contributed by atoms with E-state index in [-0.39, 0.29) is 5.69 Å². The molecule has 1 fully saturated rings. The van der Waals surface area contributed by atoms with E-state index in [1.54, 1.807) is 6.92 Å². The summed E-state index contributed by atoms with van der Waals surface area (Å²) in [6, 6.07) is 1.43. The van der Waals surface area contributed by atoms with Crippen molar-refractivity contribution >= 4 is 17.5 Å². The SMILES string of the molecule is Cc1cc([N+](=O)[O-])cnc1NCC1(C(=O)O)CCCCC1. The minimum absolute atomic E-state index is 0.0661. The Kier molecular flexibility index (Phi) is 4.40. The number of aryl methyl sites for hydroxylation is 1. The molecule has 0 unspecified atom stereocenters. The molecule has 1 aromatic heterocycles. The Bertz CT molecular complexity index is 553. The lowest BCUT2D eigenvalue weighted by atomic mass is 9.74. The quantitative estimate of drug-likeness (QED) is 0.638. The molecular weight excluding hydrogens is 274 g/mol. The van der Waals surface area contributed by atoms with Crippen LogP contribution in [0.25, 0.3) is 0 Å². The lowest BCUT2D eigenvalue weighted by Crippen LogP contribution is -2.39. The summed E-state index contributed by atoms with van der Waals surface area (Å²) in [5.41, 5.74) is -0.182. The molecule has 1 aromatic rings. The number of nitrogens with one attached hydrogen (secondary N) is 1. The van der Waals surface area contributed by atoms with E-state index < -0.39 is 16.3 Å². The minimum Gasteiger partial charge on any atom is -0.481 e. The van der Waals surface area contributed by atoms with Crippen LogP contribution in [0.5, 0.6) is 0 Å². The van der Waals surface area contributed by atoms with Crippen molar-refractivity contribution in [1.82, 2.24) is 4.98 Å². The molecule has 1 aliphatic rings. The summed E-state index contributed by atoms with van der Waals surface area (Å²) in [5, 5.41) is 23.2. The number of pyridine rings is 1. The third-order valence-corrected chi connectivity index (χ3v) is 4.13. The van der Waals surface area contributed by atoms with Crippen LogP contribution in [0, 0.1) is 22.5 Å². The monoisotopic (exact) mass is 293 g/mol. The lowest BCUT2D eigenvalue weighted by Gasteiger charge is -2.33. The molecule has 114 valence electrons. The predicted molar refractivity (Wildman–Crippen MR) is 77.3 cm³/mol. The van der Waals surface area contributed by atoms with Crippen molar-refractivity contribution in [3.63, 3.8) is 0 Å². The van der Waals surface area contributed by atoms with Crippen molar-refractivity contribution < 1.29 is 14.8 Å². The Labute approximate surface area is 122 Å². The summed E-state index contributed by atoms with van der Waals surface area (Å²) >= 11 is 0. The summed E-state index contributed by atoms with van der Waals surface area (Å²) in [6.45, 7) is 2.02. The fourth-order valence-electron chi connectivity index (χ4n) is 2.79. The number of anilines is 1. The number of carboxylic acids is 1. The van der Waals surface area contributed by atoms with Crippen LogP contribution in [-0.2, 0) is 4.79 Å². The van der Waals surface area contributed by atoms with Crippen molar-refractivity contribution in [1.29, 1.82) is 0 Å². The van der Waals surface area contributed by atoms with E-state index in [0.717, 1.165) is 19.3 Å². The number of hydrogen-bond acceptors (Lipinski definition) is 5. The van der Waals surface area contributed by atoms with Crippen LogP contribution in [0.15, 0.2) is 12.3 Å². The molecule has 2 rings (SSSR count). The number of nitrogens with zero attached hydrogens (tertiary/aromatic N) is 2. The first kappa shape index (κ1) is 15.2. The van der Waals surface area contributed by atoms with E-state index in [1.165, 1.54) is 12.3 Å². The fraction of sp³-hybridized carbons (Fsp3) is 0.571. The molecule has 7 heteroatoms. The van der Waals surface area contributed by atoms with Gasteiger partial charge in [0.1, 0.15) is 12.0 Å². The molecule has 1 aliphatic carbocycles. The first-order chi connectivity index (χ1) is 9.94. The minimum atomic E-state index is -0.783. The lowest BCUT2D eigenvalue weighted by molar-refractivity contribution is -0.385. The zero-order chi connectivity index (χ0) is 15.5. The van der Waals surface area contributed by atoms with E-state index in [0.29, 0.717) is 30.8 Å². The van der Waals surface area contributed by atoms with E-state index in [9.17, 15) is 20.0 Å². The highest BCUT2D eigenvalue weighted by Gasteiger charge is 2.39. The van der Waals surface area contributed by atoms with Crippen LogP contribution in [0.3, 0.4) is 0 Å². The van der Waals surface area contributed by atoms with E-state index in [4.69, 9.17) is 0 Å². The number of hydrogen-bond donors (Lipinski definition) is 2. The van der Waals surface area contributed by atoms with Gasteiger partial charge in [0.2, 0.25) is 0 Å². The van der Waals surface area contributed by atoms with Gasteiger partial charge < -0.3 is 10.4 Å². The smallest absolute Gasteiger partial charge is 0.311 e. The van der Waals surface area contributed by atoms with Gasteiger partial charge in [0.25, 0.3) is 5.69 Å². The Morgan fingerprint density at radius 3 is 2.67 bits per heavy atom. The van der Waals surface area contributed by atoms with Crippen LogP contribution in [0.2, 0.25) is 0 Å². The second-order valence-corrected chi connectivity index (χ2v) is 5.62. The van der Waals surface area contributed by atoms with Crippen LogP contribution in [0.4, 0.5) is 11.5 Å². The second-order valence-electron chi connectivity index (χ2n) is 5.62. The third-order valence-electron chi connectivity index (χ3n) is 4.13. The van der Waals surface area contributed by atoms with Crippen LogP contribution in [0.1, 0.15) is 37.7 Å². The zero-order valence-corrected chi connectivity index (χ0v) is 12.0. The second kappa shape index (κ2) is 6.07. The molecule has 0 aliphatic heterocycles. The van der Waals surface area contributed by atoms with Crippen LogP contribution >= 0.6 is 0 Å². The molecule has 0 amide bonds. The standard InChI is InChI=1S/C14H19N3O4/c1-10-7-11(17(20)21)8-15-12(10)16-9-14(13(18)19)5-3-2-4-6-14/h7-8H,2-6,9H2,1H3,(H,15,16)(H,18,19). The van der Waals surface area contributed by atoms with Gasteiger partial charge >= 0.3 is 5.97 Å². The van der Waals surface area contributed by atoms with Gasteiger partial charge in [0, 0.05) is 12.6 Å². The van der Waals surface area contributed by atoms with Crippen molar-refractivity contribution in [2.45, 2.75) is 39.0 Å². The molecule has 21 heavy (non-hydrogen) atoms. The van der Waals surface area contributed by atoms with Gasteiger partial charge in [-0.2, -0.15) is 0 Å². The summed E-state index contributed by atoms with van der Waals surface area (Å²) in [7, 11) is 0. The predicted octanol–water partition coefficient (Wildman–Crippen LogP) is 2.75. The largest absolute Gasteiger partial charge is 0.481 e. The molecule has 0 bridgehead atoms. The number of nitro groups is 1. The molecule has 0 radical (unpaired) electrons. The molecule has 1 heterocycles. The Balaban J connectivity index is 2.11. The Hall–Kier alpha value is -2.18. The average Bonchev–Trinajstić information content (AvgIpc) is 2.46. The molecule has 2 N–H and O–H groups in total. The number of rotatable bonds is 5. The third kappa shape index (κ3) is 3.29. The van der Waals surface area contributed by atoms with E-state index in [1.807, 2.05) is 0 Å². The Morgan fingerprint density at radius 1 is 1.48 bits per heavy atom. The van der Waals surface area contributed by atoms with Crippen LogP contribution < -0.4 is 5.32 Å². The van der Waals surface area contributed by atoms with Gasteiger partial charge in [-0.3, -0.25) is 14.9 Å². The summed E-state index contributed by atoms with van der Waals surface area (Å²) in [5.74, 6) is -0.277. The average molecular weight is 293 g/mol. The van der Waals surface area contributed by atoms with Gasteiger partial charge in [0.15, 0.2) is 0 Å². The van der Waals surface area contributed by atoms with Gasteiger partial charge in [-0.05, 0) is 25.3 Å². The van der Waals surface area contributed by atoms with Crippen LogP contribution in [-0.4, -0.2) is 27.5 Å². The molecule has 0 atom stereocenters. The zero-order valence-electron chi connectivity index (χ0n) is 12.0. The maximum absolute atomic E-state index is 11.6. The highest BCUT2D eigenvalue weighted by Crippen LogP contribution is 2.37. The molecule has 0 aromatic carbocycles. The highest BCUT2D eigenvalue weighted by atomic mass is 16.6. The molecular formula is C14H19N3O4. The molecule has 1 saturated carbocycles. The molecule has 0 saturated heterocycles. The topological polar surface area (TPSA) is 105 Å². The summed E-state index contributed by atoms with van der Waals surface area (Å²) in [4.78, 5) is 25.8. The van der Waals surface area contributed by atoms with Crippen molar-refractivity contribution in [3.8, 4) is 0 Å². The highest BCUT2D eigenvalue weighted by molar-refractivity contribution is 5.75. The Morgan fingerprint density at radius 2 is 2.14 bits per heavy atom. The summed E-state index contributed by atoms with van der Waals surface area (Å²) in [6.07, 6.45) is 5.40. The normalized spacial score (nSPS) is 17.2. The number of aromatic nitrogens is 1. The summed E-state index contributed by atoms with van der Waals surface area (Å²) < 4.78 is 0. The van der Waals surface area contributed by atoms with Gasteiger partial charge in [-0.1, -0.05) is 19.3 Å². The van der Waals surface area contributed by atoms with Gasteiger partial charge in [-0.15, -0.1) is 0 Å². The van der Waals surface area contributed by atoms with Crippen molar-refractivity contribution in [2.75, 3.05) is 11.9 Å². The molecule has 0 spiro atoms. The van der Waals surface area contributed by atoms with Gasteiger partial charge in [0.05, 0.1) is 10.3 Å². The maximum Gasteiger partial charge on any atom is 0.311 e. The maximum atomic E-state index is 11.6. The van der Waals surface area contributed by atoms with Crippen molar-refractivity contribution in [2.24, 2.45) is 5.41 Å². The first-order valence-corrected chi connectivity index (χ1v) is 7.03. The van der Waals surface area contributed by atoms with Gasteiger partial charge in [-0.25, -0.2) is 4.98 Å². The fourth-order valence-corrected chi connectivity index (χ4v) is 2.79. The van der Waals surface area contributed by atoms with Crippen molar-refractivity contribution in [3.05, 3.63) is 27.9 Å². The first-order valence-electron chi connectivity index (χ1n) is 7.03. The number of aliphatic carboxylic acids is 1.